The van der Waals surface area contributed by atoms with E-state index < -0.39 is 33.2 Å². The fourth-order valence-electron chi connectivity index (χ4n) is 3.00. The molecule has 0 saturated carbocycles. The van der Waals surface area contributed by atoms with Crippen LogP contribution in [-0.4, -0.2) is 40.4 Å². The van der Waals surface area contributed by atoms with Crippen molar-refractivity contribution >= 4 is 36.1 Å². The first-order chi connectivity index (χ1) is 14.6. The van der Waals surface area contributed by atoms with Crippen LogP contribution in [0.4, 0.5) is 13.2 Å². The van der Waals surface area contributed by atoms with E-state index in [2.05, 4.69) is 15.0 Å². The maximum absolute atomic E-state index is 12.9. The van der Waals surface area contributed by atoms with Gasteiger partial charge in [0, 0.05) is 0 Å². The van der Waals surface area contributed by atoms with Crippen molar-refractivity contribution in [3.05, 3.63) is 77.5 Å². The molecule has 5 nitrogen and oxygen atoms in total. The predicted octanol–water partition coefficient (Wildman–Crippen LogP) is 2.60. The van der Waals surface area contributed by atoms with Crippen molar-refractivity contribution in [3.8, 4) is 10.4 Å². The Morgan fingerprint density at radius 2 is 1.94 bits per heavy atom. The number of hydrogen-bond donors (Lipinski definition) is 1. The molecular formula is C21H18AsF3N4OS. The van der Waals surface area contributed by atoms with Crippen LogP contribution in [0.1, 0.15) is 23.2 Å². The van der Waals surface area contributed by atoms with E-state index in [1.807, 2.05) is 54.3 Å². The van der Waals surface area contributed by atoms with Crippen molar-refractivity contribution in [2.75, 3.05) is 0 Å². The van der Waals surface area contributed by atoms with E-state index >= 15 is 0 Å². The van der Waals surface area contributed by atoms with Gasteiger partial charge in [0.15, 0.2) is 0 Å². The van der Waals surface area contributed by atoms with Crippen molar-refractivity contribution in [2.24, 2.45) is 7.05 Å². The van der Waals surface area contributed by atoms with Gasteiger partial charge in [0.05, 0.1) is 0 Å². The molecule has 10 heteroatoms. The molecular weight excluding hydrogens is 488 g/mol. The molecule has 0 aliphatic rings. The van der Waals surface area contributed by atoms with Crippen LogP contribution in [0.15, 0.2) is 61.2 Å². The van der Waals surface area contributed by atoms with Crippen molar-refractivity contribution in [3.63, 3.8) is 0 Å². The van der Waals surface area contributed by atoms with Crippen molar-refractivity contribution < 1.29 is 18.3 Å². The third kappa shape index (κ3) is 4.74. The number of nitrogens with zero attached hydrogens (tertiary/aromatic N) is 4. The third-order valence-electron chi connectivity index (χ3n) is 4.67. The SMILES string of the molecule is Cn1ccc(C(C)(O)c2ncc(-c3cccc([AsH]c4nccc(C(F)(F)F)n4)c3)s2)c1. The van der Waals surface area contributed by atoms with Crippen LogP contribution in [0.3, 0.4) is 0 Å². The first-order valence-corrected chi connectivity index (χ1v) is 12.1. The first-order valence-electron chi connectivity index (χ1n) is 9.22. The Morgan fingerprint density at radius 3 is 2.65 bits per heavy atom. The van der Waals surface area contributed by atoms with Gasteiger partial charge in [0.1, 0.15) is 0 Å². The monoisotopic (exact) mass is 506 g/mol. The van der Waals surface area contributed by atoms with Crippen molar-refractivity contribution in [1.82, 2.24) is 19.5 Å². The van der Waals surface area contributed by atoms with E-state index in [-0.39, 0.29) is 4.61 Å². The van der Waals surface area contributed by atoms with Crippen molar-refractivity contribution in [2.45, 2.75) is 18.7 Å². The maximum atomic E-state index is 12.9. The zero-order chi connectivity index (χ0) is 22.2. The molecule has 2 unspecified atom stereocenters. The summed E-state index contributed by atoms with van der Waals surface area (Å²) >= 11 is 0.238. The van der Waals surface area contributed by atoms with E-state index in [1.54, 1.807) is 13.1 Å². The second kappa shape index (κ2) is 8.22. The minimum atomic E-state index is -4.49. The molecule has 3 heterocycles. The molecule has 4 rings (SSSR count). The summed E-state index contributed by atoms with van der Waals surface area (Å²) in [6.45, 7) is 1.71. The van der Waals surface area contributed by atoms with Gasteiger partial charge in [-0.05, 0) is 0 Å². The van der Waals surface area contributed by atoms with Crippen LogP contribution < -0.4 is 8.96 Å². The van der Waals surface area contributed by atoms with Gasteiger partial charge in [-0.2, -0.15) is 0 Å². The number of aliphatic hydroxyl groups is 1. The molecule has 1 aromatic carbocycles. The van der Waals surface area contributed by atoms with Gasteiger partial charge in [-0.1, -0.05) is 0 Å². The van der Waals surface area contributed by atoms with Crippen LogP contribution in [0.5, 0.6) is 0 Å². The Balaban J connectivity index is 1.58. The zero-order valence-electron chi connectivity index (χ0n) is 16.6. The summed E-state index contributed by atoms with van der Waals surface area (Å²) in [6, 6.07) is 10.3. The number of thiazole rings is 1. The molecule has 0 aliphatic heterocycles. The molecule has 0 saturated heterocycles. The Labute approximate surface area is 187 Å². The van der Waals surface area contributed by atoms with E-state index in [1.165, 1.54) is 11.3 Å². The molecule has 0 spiro atoms. The normalized spacial score (nSPS) is 14.3. The molecule has 160 valence electrons. The molecule has 0 fully saturated rings. The molecule has 4 aromatic rings. The minimum absolute atomic E-state index is 0.226. The van der Waals surface area contributed by atoms with E-state index in [0.717, 1.165) is 32.6 Å². The molecule has 1 N–H and O–H groups in total. The first kappa shape index (κ1) is 21.7. The van der Waals surface area contributed by atoms with Crippen LogP contribution in [0.2, 0.25) is 0 Å². The fourth-order valence-corrected chi connectivity index (χ4v) is 6.04. The second-order valence-corrected chi connectivity index (χ2v) is 10.8. The van der Waals surface area contributed by atoms with Crippen LogP contribution >= 0.6 is 11.3 Å². The average Bonchev–Trinajstić information content (AvgIpc) is 3.38. The Bertz CT molecular complexity index is 1220. The molecule has 0 amide bonds. The average molecular weight is 506 g/mol. The Hall–Kier alpha value is -2.48. The topological polar surface area (TPSA) is 63.8 Å². The summed E-state index contributed by atoms with van der Waals surface area (Å²) < 4.78 is 41.7. The molecule has 0 aliphatic carbocycles. The number of aryl methyl sites for hydroxylation is 1. The molecule has 0 bridgehead atoms. The number of rotatable bonds is 5. The summed E-state index contributed by atoms with van der Waals surface area (Å²) in [6.07, 6.45) is 2.08. The quantitative estimate of drug-likeness (QED) is 0.423. The van der Waals surface area contributed by atoms with Crippen LogP contribution in [-0.2, 0) is 18.8 Å². The van der Waals surface area contributed by atoms with Gasteiger partial charge < -0.3 is 0 Å². The Kier molecular flexibility index (Phi) is 5.76. The van der Waals surface area contributed by atoms with Gasteiger partial charge in [-0.15, -0.1) is 0 Å². The molecule has 0 radical (unpaired) electrons. The number of aromatic nitrogens is 4. The molecule has 3 aromatic heterocycles. The van der Waals surface area contributed by atoms with E-state index in [4.69, 9.17) is 0 Å². The van der Waals surface area contributed by atoms with Crippen LogP contribution in [0, 0.1) is 0 Å². The number of benzene rings is 1. The Morgan fingerprint density at radius 1 is 1.13 bits per heavy atom. The zero-order valence-corrected chi connectivity index (χ0v) is 19.5. The predicted molar refractivity (Wildman–Crippen MR) is 115 cm³/mol. The van der Waals surface area contributed by atoms with E-state index in [0.29, 0.717) is 5.01 Å². The summed E-state index contributed by atoms with van der Waals surface area (Å²) in [4.78, 5) is 13.0. The summed E-state index contributed by atoms with van der Waals surface area (Å²) in [5.41, 5.74) is -0.506. The fraction of sp³-hybridized carbons (Fsp3) is 0.190. The third-order valence-corrected chi connectivity index (χ3v) is 8.16. The number of halogens is 3. The number of alkyl halides is 3. The standard InChI is InChI=1S/C21H18AsF3N4OS/c1-20(30,14-7-9-29(2)12-14)18-27-11-16(31-18)13-4-3-5-15(10-13)22-19-26-8-6-17(28-19)21(23,24)25/h3-12,22,30H,1-2H3. The molecule has 31 heavy (non-hydrogen) atoms. The van der Waals surface area contributed by atoms with Gasteiger partial charge in [0.25, 0.3) is 0 Å². The summed E-state index contributed by atoms with van der Waals surface area (Å²) in [5, 5.41) is 11.6. The van der Waals surface area contributed by atoms with Crippen LogP contribution in [0.25, 0.3) is 10.4 Å². The van der Waals surface area contributed by atoms with Gasteiger partial charge in [-0.3, -0.25) is 0 Å². The number of hydrogen-bond acceptors (Lipinski definition) is 5. The van der Waals surface area contributed by atoms with Gasteiger partial charge in [0.2, 0.25) is 0 Å². The van der Waals surface area contributed by atoms with E-state index in [9.17, 15) is 18.3 Å². The second-order valence-electron chi connectivity index (χ2n) is 7.14. The summed E-state index contributed by atoms with van der Waals surface area (Å²) in [5.74, 6) is 0. The van der Waals surface area contributed by atoms with Gasteiger partial charge in [-0.25, -0.2) is 0 Å². The van der Waals surface area contributed by atoms with Gasteiger partial charge >= 0.3 is 187 Å². The summed E-state index contributed by atoms with van der Waals surface area (Å²) in [7, 11) is 1.88. The van der Waals surface area contributed by atoms with Crippen molar-refractivity contribution in [1.29, 1.82) is 0 Å². The molecule has 2 atom stereocenters.